The molecule has 0 fully saturated rings. The first-order chi connectivity index (χ1) is 9.29. The van der Waals surface area contributed by atoms with Crippen LogP contribution in [0.15, 0.2) is 30.8 Å². The number of ketones is 1. The van der Waals surface area contributed by atoms with Gasteiger partial charge in [0.25, 0.3) is 0 Å². The number of Topliss-reactive ketones (excluding diaryl/α,β-unsaturated/α-hetero) is 1. The fourth-order valence-corrected chi connectivity index (χ4v) is 1.11. The van der Waals surface area contributed by atoms with Crippen LogP contribution in [0.2, 0.25) is 0 Å². The molecular weight excluding hydrogens is 246 g/mol. The van der Waals surface area contributed by atoms with Crippen molar-refractivity contribution >= 4 is 11.4 Å². The molecule has 1 aromatic rings. The molecule has 0 aliphatic heterocycles. The number of hydrogen-bond donors (Lipinski definition) is 1. The molecule has 1 atom stereocenters. The largest absolute Gasteiger partial charge is 0.311 e. The molecule has 0 heterocycles. The van der Waals surface area contributed by atoms with Crippen LogP contribution in [-0.2, 0) is 4.79 Å². The molecule has 114 valence electrons. The number of hydrogen-bond acceptors (Lipinski definition) is 2. The Morgan fingerprint density at radius 2 is 1.80 bits per heavy atom. The smallest absolute Gasteiger partial charge is 0.146 e. The number of carbonyl (C=O) groups is 1. The van der Waals surface area contributed by atoms with Gasteiger partial charge in [-0.2, -0.15) is 0 Å². The Kier molecular flexibility index (Phi) is 13.2. The van der Waals surface area contributed by atoms with Crippen molar-refractivity contribution in [3.05, 3.63) is 42.0 Å². The van der Waals surface area contributed by atoms with E-state index in [9.17, 15) is 4.79 Å². The monoisotopic (exact) mass is 277 g/mol. The fraction of sp³-hybridized carbons (Fsp3) is 0.500. The molecule has 0 aliphatic carbocycles. The summed E-state index contributed by atoms with van der Waals surface area (Å²) in [5, 5.41) is 2.81. The molecule has 0 saturated carbocycles. The maximum absolute atomic E-state index is 10.3. The zero-order valence-corrected chi connectivity index (χ0v) is 14.2. The Morgan fingerprint density at radius 1 is 1.30 bits per heavy atom. The van der Waals surface area contributed by atoms with Crippen LogP contribution in [0.3, 0.4) is 0 Å². The van der Waals surface area contributed by atoms with Gasteiger partial charge in [-0.3, -0.25) is 4.79 Å². The quantitative estimate of drug-likeness (QED) is 0.873. The Hall–Kier alpha value is -1.41. The molecule has 0 unspecified atom stereocenters. The van der Waals surface area contributed by atoms with E-state index < -0.39 is 0 Å². The van der Waals surface area contributed by atoms with Crippen molar-refractivity contribution in [2.45, 2.75) is 54.0 Å². The molecular formula is C18H31NO. The van der Waals surface area contributed by atoms with Gasteiger partial charge in [0.1, 0.15) is 5.78 Å². The first kappa shape index (κ1) is 20.9. The molecule has 0 aromatic heterocycles. The number of likely N-dealkylation sites (N-methyl/N-ethyl adjacent to an activating group) is 1. The van der Waals surface area contributed by atoms with Crippen LogP contribution in [0, 0.1) is 6.92 Å². The zero-order chi connectivity index (χ0) is 16.1. The summed E-state index contributed by atoms with van der Waals surface area (Å²) in [6.45, 7) is 15.6. The van der Waals surface area contributed by atoms with Crippen LogP contribution >= 0.6 is 0 Å². The lowest BCUT2D eigenvalue weighted by atomic mass is 10.1. The Morgan fingerprint density at radius 3 is 2.00 bits per heavy atom. The molecule has 2 heteroatoms. The first-order valence-electron chi connectivity index (χ1n) is 7.20. The van der Waals surface area contributed by atoms with Crippen LogP contribution in [0.1, 0.15) is 52.2 Å². The van der Waals surface area contributed by atoms with Gasteiger partial charge in [0.05, 0.1) is 6.04 Å². The molecule has 0 bridgehead atoms. The van der Waals surface area contributed by atoms with Gasteiger partial charge < -0.3 is 5.32 Å². The van der Waals surface area contributed by atoms with Crippen LogP contribution in [-0.4, -0.2) is 18.9 Å². The lowest BCUT2D eigenvalue weighted by Gasteiger charge is -2.01. The van der Waals surface area contributed by atoms with Crippen LogP contribution in [0.25, 0.3) is 5.57 Å². The molecule has 1 aromatic carbocycles. The number of nitrogens with one attached hydrogen (secondary N) is 1. The second-order valence-electron chi connectivity index (χ2n) is 4.98. The molecule has 0 spiro atoms. The minimum Gasteiger partial charge on any atom is -0.311 e. The van der Waals surface area contributed by atoms with Crippen LogP contribution < -0.4 is 5.32 Å². The summed E-state index contributed by atoms with van der Waals surface area (Å²) in [5.41, 5.74) is 3.66. The summed E-state index contributed by atoms with van der Waals surface area (Å²) >= 11 is 0. The Labute approximate surface area is 125 Å². The number of allylic oxidation sites excluding steroid dienone is 1. The summed E-state index contributed by atoms with van der Waals surface area (Å²) in [6.07, 6.45) is 1.25. The highest BCUT2D eigenvalue weighted by Crippen LogP contribution is 2.11. The molecule has 1 N–H and O–H groups in total. The predicted molar refractivity (Wildman–Crippen MR) is 91.1 cm³/mol. The van der Waals surface area contributed by atoms with E-state index in [1.165, 1.54) is 17.5 Å². The average Bonchev–Trinajstić information content (AvgIpc) is 2.39. The summed E-state index contributed by atoms with van der Waals surface area (Å²) in [7, 11) is 1.77. The number of carbonyl (C=O) groups excluding carboxylic acids is 1. The second-order valence-corrected chi connectivity index (χ2v) is 4.98. The van der Waals surface area contributed by atoms with Crippen molar-refractivity contribution in [3.63, 3.8) is 0 Å². The summed E-state index contributed by atoms with van der Waals surface area (Å²) in [4.78, 5) is 10.3. The van der Waals surface area contributed by atoms with E-state index in [0.717, 1.165) is 5.57 Å². The van der Waals surface area contributed by atoms with Crippen molar-refractivity contribution in [2.75, 3.05) is 7.05 Å². The first-order valence-corrected chi connectivity index (χ1v) is 7.20. The van der Waals surface area contributed by atoms with E-state index in [4.69, 9.17) is 0 Å². The minimum atomic E-state index is 0.0139. The van der Waals surface area contributed by atoms with E-state index in [1.54, 1.807) is 14.0 Å². The van der Waals surface area contributed by atoms with Gasteiger partial charge in [-0.25, -0.2) is 0 Å². The second kappa shape index (κ2) is 12.6. The van der Waals surface area contributed by atoms with Gasteiger partial charge in [0, 0.05) is 0 Å². The average molecular weight is 277 g/mol. The molecule has 0 aliphatic rings. The molecule has 20 heavy (non-hydrogen) atoms. The summed E-state index contributed by atoms with van der Waals surface area (Å²) in [6, 6.07) is 8.38. The molecule has 0 saturated heterocycles. The van der Waals surface area contributed by atoms with Crippen LogP contribution in [0.5, 0.6) is 0 Å². The van der Waals surface area contributed by atoms with Crippen molar-refractivity contribution in [3.8, 4) is 0 Å². The fourth-order valence-electron chi connectivity index (χ4n) is 1.11. The molecule has 2 nitrogen and oxygen atoms in total. The standard InChI is InChI=1S/C10H12.C5H11NO.C3H8/c1-8(2)10-6-4-5-9(3)7-10;1-4(6-3)5(2)7;1-3-2/h4-7H,1H2,2-3H3;4,6H,1-3H3;3H2,1-2H3/t;4-;/m.0./s1. The summed E-state index contributed by atoms with van der Waals surface area (Å²) < 4.78 is 0. The third-order valence-corrected chi connectivity index (χ3v) is 2.55. The van der Waals surface area contributed by atoms with Gasteiger partial charge in [-0.15, -0.1) is 0 Å². The maximum Gasteiger partial charge on any atom is 0.146 e. The van der Waals surface area contributed by atoms with Crippen molar-refractivity contribution in [1.82, 2.24) is 5.32 Å². The third kappa shape index (κ3) is 11.7. The minimum absolute atomic E-state index is 0.0139. The van der Waals surface area contributed by atoms with Gasteiger partial charge in [-0.1, -0.05) is 62.2 Å². The Bertz CT molecular complexity index is 396. The summed E-state index contributed by atoms with van der Waals surface area (Å²) in [5.74, 6) is 0.183. The molecule has 0 radical (unpaired) electrons. The topological polar surface area (TPSA) is 29.1 Å². The van der Waals surface area contributed by atoms with E-state index >= 15 is 0 Å². The Balaban J connectivity index is 0. The molecule has 0 amide bonds. The highest BCUT2D eigenvalue weighted by atomic mass is 16.1. The van der Waals surface area contributed by atoms with E-state index in [1.807, 2.05) is 13.8 Å². The predicted octanol–water partition coefficient (Wildman–Crippen LogP) is 4.63. The van der Waals surface area contributed by atoms with Crippen molar-refractivity contribution in [2.24, 2.45) is 0 Å². The van der Waals surface area contributed by atoms with E-state index in [-0.39, 0.29) is 11.8 Å². The normalized spacial score (nSPS) is 10.3. The lowest BCUT2D eigenvalue weighted by molar-refractivity contribution is -0.118. The van der Waals surface area contributed by atoms with Gasteiger partial charge in [0.15, 0.2) is 0 Å². The van der Waals surface area contributed by atoms with Crippen molar-refractivity contribution in [1.29, 1.82) is 0 Å². The van der Waals surface area contributed by atoms with Gasteiger partial charge in [-0.05, 0) is 40.3 Å². The number of aryl methyl sites for hydroxylation is 1. The molecule has 1 rings (SSSR count). The number of rotatable bonds is 3. The number of benzene rings is 1. The highest BCUT2D eigenvalue weighted by Gasteiger charge is 2.00. The zero-order valence-electron chi connectivity index (χ0n) is 14.2. The maximum atomic E-state index is 10.3. The highest BCUT2D eigenvalue weighted by molar-refractivity contribution is 5.80. The van der Waals surface area contributed by atoms with E-state index in [0.29, 0.717) is 0 Å². The van der Waals surface area contributed by atoms with Crippen LogP contribution in [0.4, 0.5) is 0 Å². The van der Waals surface area contributed by atoms with Gasteiger partial charge in [0.2, 0.25) is 0 Å². The lowest BCUT2D eigenvalue weighted by Crippen LogP contribution is -2.28. The SMILES string of the molecule is C=C(C)c1cccc(C)c1.CCC.CN[C@@H](C)C(C)=O. The van der Waals surface area contributed by atoms with Crippen molar-refractivity contribution < 1.29 is 4.79 Å². The third-order valence-electron chi connectivity index (χ3n) is 2.55. The van der Waals surface area contributed by atoms with Gasteiger partial charge >= 0.3 is 0 Å². The van der Waals surface area contributed by atoms with E-state index in [2.05, 4.69) is 56.9 Å².